The molecule has 4 heteroatoms. The van der Waals surface area contributed by atoms with Gasteiger partial charge >= 0.3 is 0 Å². The Hall–Kier alpha value is -1.86. The monoisotopic (exact) mass is 247 g/mol. The summed E-state index contributed by atoms with van der Waals surface area (Å²) in [4.78, 5) is 0. The van der Waals surface area contributed by atoms with Crippen LogP contribution < -0.4 is 19.5 Å². The predicted molar refractivity (Wildman–Crippen MR) is 68.9 cm³/mol. The number of methoxy groups -OCH3 is 1. The van der Waals surface area contributed by atoms with Crippen LogP contribution in [0.15, 0.2) is 12.1 Å². The molecule has 18 heavy (non-hydrogen) atoms. The topological polar surface area (TPSA) is 39.7 Å². The lowest BCUT2D eigenvalue weighted by atomic mass is 10.1. The standard InChI is InChI=1S/C14H17NO3/c1-4-11(5-2)15-8-10-6-12(16-3)14-13(7-10)17-9-18-14/h1,6-7,11,15H,5,8-9H2,2-3H3. The van der Waals surface area contributed by atoms with Crippen molar-refractivity contribution in [3.05, 3.63) is 17.7 Å². The van der Waals surface area contributed by atoms with E-state index in [1.165, 1.54) is 0 Å². The molecule has 1 aliphatic rings. The molecule has 1 aromatic rings. The Kier molecular flexibility index (Phi) is 3.96. The Morgan fingerprint density at radius 3 is 3.00 bits per heavy atom. The number of nitrogens with one attached hydrogen (secondary N) is 1. The molecule has 0 spiro atoms. The van der Waals surface area contributed by atoms with Gasteiger partial charge in [0.2, 0.25) is 12.5 Å². The minimum Gasteiger partial charge on any atom is -0.493 e. The van der Waals surface area contributed by atoms with Crippen LogP contribution in [0.25, 0.3) is 0 Å². The van der Waals surface area contributed by atoms with Crippen molar-refractivity contribution in [1.29, 1.82) is 0 Å². The van der Waals surface area contributed by atoms with Crippen LogP contribution in [0.5, 0.6) is 17.2 Å². The fraction of sp³-hybridized carbons (Fsp3) is 0.429. The Morgan fingerprint density at radius 1 is 1.50 bits per heavy atom. The molecule has 1 aromatic carbocycles. The minimum absolute atomic E-state index is 0.0846. The van der Waals surface area contributed by atoms with Crippen molar-refractivity contribution in [2.24, 2.45) is 0 Å². The molecule has 2 rings (SSSR count). The SMILES string of the molecule is C#CC(CC)NCc1cc(OC)c2c(c1)OCO2. The second-order valence-corrected chi connectivity index (χ2v) is 4.04. The molecule has 0 aromatic heterocycles. The highest BCUT2D eigenvalue weighted by Crippen LogP contribution is 2.41. The van der Waals surface area contributed by atoms with E-state index >= 15 is 0 Å². The predicted octanol–water partition coefficient (Wildman–Crippen LogP) is 1.93. The Bertz CT molecular complexity index is 465. The van der Waals surface area contributed by atoms with E-state index in [0.717, 1.165) is 17.7 Å². The fourth-order valence-corrected chi connectivity index (χ4v) is 1.85. The first-order valence-corrected chi connectivity index (χ1v) is 5.94. The van der Waals surface area contributed by atoms with Crippen LogP contribution in [0, 0.1) is 12.3 Å². The summed E-state index contributed by atoms with van der Waals surface area (Å²) in [5, 5.41) is 3.29. The number of benzene rings is 1. The highest BCUT2D eigenvalue weighted by atomic mass is 16.7. The van der Waals surface area contributed by atoms with Crippen LogP contribution >= 0.6 is 0 Å². The largest absolute Gasteiger partial charge is 0.493 e. The van der Waals surface area contributed by atoms with E-state index in [-0.39, 0.29) is 12.8 Å². The number of hydrogen-bond donors (Lipinski definition) is 1. The summed E-state index contributed by atoms with van der Waals surface area (Å²) in [5.41, 5.74) is 1.06. The van der Waals surface area contributed by atoms with Gasteiger partial charge in [0, 0.05) is 6.54 Å². The molecule has 0 saturated heterocycles. The van der Waals surface area contributed by atoms with E-state index in [4.69, 9.17) is 20.6 Å². The van der Waals surface area contributed by atoms with Crippen LogP contribution in [0.2, 0.25) is 0 Å². The van der Waals surface area contributed by atoms with Gasteiger partial charge in [0.15, 0.2) is 11.5 Å². The lowest BCUT2D eigenvalue weighted by Crippen LogP contribution is -2.26. The second-order valence-electron chi connectivity index (χ2n) is 4.04. The zero-order chi connectivity index (χ0) is 13.0. The summed E-state index contributed by atoms with van der Waals surface area (Å²) >= 11 is 0. The van der Waals surface area contributed by atoms with Crippen molar-refractivity contribution in [1.82, 2.24) is 5.32 Å². The quantitative estimate of drug-likeness (QED) is 0.807. The summed E-state index contributed by atoms with van der Waals surface area (Å²) in [5.74, 6) is 4.79. The van der Waals surface area contributed by atoms with Crippen molar-refractivity contribution in [2.75, 3.05) is 13.9 Å². The molecular weight excluding hydrogens is 230 g/mol. The van der Waals surface area contributed by atoms with Crippen LogP contribution in [0.3, 0.4) is 0 Å². The lowest BCUT2D eigenvalue weighted by molar-refractivity contribution is 0.171. The van der Waals surface area contributed by atoms with Gasteiger partial charge in [-0.15, -0.1) is 6.42 Å². The Balaban J connectivity index is 2.12. The normalized spacial score (nSPS) is 14.1. The van der Waals surface area contributed by atoms with Crippen molar-refractivity contribution in [3.63, 3.8) is 0 Å². The number of terminal acetylenes is 1. The molecule has 1 atom stereocenters. The second kappa shape index (κ2) is 5.65. The third kappa shape index (κ3) is 2.52. The summed E-state index contributed by atoms with van der Waals surface area (Å²) in [6.45, 7) is 2.97. The number of hydrogen-bond acceptors (Lipinski definition) is 4. The van der Waals surface area contributed by atoms with E-state index in [0.29, 0.717) is 18.0 Å². The van der Waals surface area contributed by atoms with Gasteiger partial charge in [-0.3, -0.25) is 5.32 Å². The first-order valence-electron chi connectivity index (χ1n) is 5.94. The number of ether oxygens (including phenoxy) is 3. The zero-order valence-electron chi connectivity index (χ0n) is 10.7. The molecule has 0 saturated carbocycles. The van der Waals surface area contributed by atoms with Gasteiger partial charge in [-0.2, -0.15) is 0 Å². The summed E-state index contributed by atoms with van der Waals surface area (Å²) in [6, 6.07) is 3.96. The van der Waals surface area contributed by atoms with Crippen LogP contribution in [0.1, 0.15) is 18.9 Å². The maximum absolute atomic E-state index is 5.41. The van der Waals surface area contributed by atoms with Crippen molar-refractivity contribution in [3.8, 4) is 29.6 Å². The van der Waals surface area contributed by atoms with Gasteiger partial charge in [0.05, 0.1) is 13.2 Å². The third-order valence-electron chi connectivity index (χ3n) is 2.88. The fourth-order valence-electron chi connectivity index (χ4n) is 1.85. The van der Waals surface area contributed by atoms with Gasteiger partial charge in [0.1, 0.15) is 0 Å². The molecule has 0 radical (unpaired) electrons. The van der Waals surface area contributed by atoms with Crippen molar-refractivity contribution >= 4 is 0 Å². The van der Waals surface area contributed by atoms with Gasteiger partial charge in [-0.25, -0.2) is 0 Å². The third-order valence-corrected chi connectivity index (χ3v) is 2.88. The molecule has 1 heterocycles. The molecule has 1 aliphatic heterocycles. The summed E-state index contributed by atoms with van der Waals surface area (Å²) in [7, 11) is 1.62. The molecule has 0 aliphatic carbocycles. The highest BCUT2D eigenvalue weighted by molar-refractivity contribution is 5.55. The molecule has 1 N–H and O–H groups in total. The summed E-state index contributed by atoms with van der Waals surface area (Å²) < 4.78 is 16.0. The van der Waals surface area contributed by atoms with Gasteiger partial charge < -0.3 is 14.2 Å². The number of rotatable bonds is 5. The lowest BCUT2D eigenvalue weighted by Gasteiger charge is -2.12. The van der Waals surface area contributed by atoms with E-state index in [2.05, 4.69) is 18.2 Å². The molecule has 96 valence electrons. The maximum atomic E-state index is 5.41. The van der Waals surface area contributed by atoms with Gasteiger partial charge in [-0.1, -0.05) is 12.8 Å². The Morgan fingerprint density at radius 2 is 2.33 bits per heavy atom. The van der Waals surface area contributed by atoms with Gasteiger partial charge in [0.25, 0.3) is 0 Å². The molecule has 4 nitrogen and oxygen atoms in total. The van der Waals surface area contributed by atoms with Crippen LogP contribution in [-0.2, 0) is 6.54 Å². The first-order chi connectivity index (χ1) is 8.78. The molecule has 0 bridgehead atoms. The van der Waals surface area contributed by atoms with Crippen LogP contribution in [0.4, 0.5) is 0 Å². The van der Waals surface area contributed by atoms with E-state index in [1.807, 2.05) is 12.1 Å². The molecule has 0 fully saturated rings. The van der Waals surface area contributed by atoms with Crippen LogP contribution in [-0.4, -0.2) is 19.9 Å². The molecule has 1 unspecified atom stereocenters. The highest BCUT2D eigenvalue weighted by Gasteiger charge is 2.20. The average Bonchev–Trinajstić information content (AvgIpc) is 2.87. The first kappa shape index (κ1) is 12.6. The minimum atomic E-state index is 0.0846. The van der Waals surface area contributed by atoms with Crippen molar-refractivity contribution < 1.29 is 14.2 Å². The Labute approximate surface area is 107 Å². The van der Waals surface area contributed by atoms with E-state index in [1.54, 1.807) is 7.11 Å². The summed E-state index contributed by atoms with van der Waals surface area (Å²) in [6.07, 6.45) is 6.31. The molecule has 0 amide bonds. The maximum Gasteiger partial charge on any atom is 0.231 e. The van der Waals surface area contributed by atoms with Crippen molar-refractivity contribution in [2.45, 2.75) is 25.9 Å². The van der Waals surface area contributed by atoms with E-state index in [9.17, 15) is 0 Å². The smallest absolute Gasteiger partial charge is 0.231 e. The number of fused-ring (bicyclic) bond motifs is 1. The van der Waals surface area contributed by atoms with E-state index < -0.39 is 0 Å². The molecular formula is C14H17NO3. The van der Waals surface area contributed by atoms with Gasteiger partial charge in [-0.05, 0) is 24.1 Å². The zero-order valence-corrected chi connectivity index (χ0v) is 10.7. The average molecular weight is 247 g/mol.